The minimum absolute atomic E-state index is 0.106. The molecule has 0 radical (unpaired) electrons. The zero-order valence-corrected chi connectivity index (χ0v) is 9.17. The summed E-state index contributed by atoms with van der Waals surface area (Å²) < 4.78 is 1.75. The minimum Gasteiger partial charge on any atom is -0.394 e. The SMILES string of the molecule is CC(N)(CO)c1ccccc1-n1cccn1. The first kappa shape index (κ1) is 10.9. The first-order valence-corrected chi connectivity index (χ1v) is 5.14. The van der Waals surface area contributed by atoms with Crippen LogP contribution in [-0.4, -0.2) is 21.5 Å². The van der Waals surface area contributed by atoms with Crippen molar-refractivity contribution in [2.45, 2.75) is 12.5 Å². The highest BCUT2D eigenvalue weighted by atomic mass is 16.3. The quantitative estimate of drug-likeness (QED) is 0.807. The summed E-state index contributed by atoms with van der Waals surface area (Å²) in [7, 11) is 0. The molecule has 0 aliphatic carbocycles. The summed E-state index contributed by atoms with van der Waals surface area (Å²) in [4.78, 5) is 0. The lowest BCUT2D eigenvalue weighted by Crippen LogP contribution is -2.38. The van der Waals surface area contributed by atoms with E-state index in [1.165, 1.54) is 0 Å². The summed E-state index contributed by atoms with van der Waals surface area (Å²) >= 11 is 0. The van der Waals surface area contributed by atoms with Crippen LogP contribution in [0.25, 0.3) is 5.69 Å². The fraction of sp³-hybridized carbons (Fsp3) is 0.250. The van der Waals surface area contributed by atoms with Gasteiger partial charge in [-0.15, -0.1) is 0 Å². The summed E-state index contributed by atoms with van der Waals surface area (Å²) in [5, 5.41) is 13.5. The average Bonchev–Trinajstić information content (AvgIpc) is 2.82. The van der Waals surface area contributed by atoms with Gasteiger partial charge >= 0.3 is 0 Å². The van der Waals surface area contributed by atoms with Crippen molar-refractivity contribution < 1.29 is 5.11 Å². The van der Waals surface area contributed by atoms with Crippen LogP contribution in [0, 0.1) is 0 Å². The van der Waals surface area contributed by atoms with E-state index in [9.17, 15) is 5.11 Å². The maximum atomic E-state index is 9.31. The van der Waals surface area contributed by atoms with Gasteiger partial charge in [0.05, 0.1) is 17.8 Å². The number of aliphatic hydroxyl groups is 1. The molecule has 0 aliphatic heterocycles. The lowest BCUT2D eigenvalue weighted by atomic mass is 9.92. The van der Waals surface area contributed by atoms with Crippen molar-refractivity contribution in [3.63, 3.8) is 0 Å². The number of aliphatic hydroxyl groups excluding tert-OH is 1. The molecule has 2 rings (SSSR count). The third kappa shape index (κ3) is 1.85. The van der Waals surface area contributed by atoms with Gasteiger partial charge in [-0.2, -0.15) is 5.10 Å². The molecule has 1 atom stereocenters. The van der Waals surface area contributed by atoms with Crippen LogP contribution >= 0.6 is 0 Å². The summed E-state index contributed by atoms with van der Waals surface area (Å²) in [6.45, 7) is 1.70. The highest BCUT2D eigenvalue weighted by molar-refractivity contribution is 5.44. The normalized spacial score (nSPS) is 14.7. The van der Waals surface area contributed by atoms with Crippen molar-refractivity contribution in [3.8, 4) is 5.69 Å². The van der Waals surface area contributed by atoms with E-state index in [-0.39, 0.29) is 6.61 Å². The van der Waals surface area contributed by atoms with Crippen LogP contribution < -0.4 is 5.73 Å². The Morgan fingerprint density at radius 2 is 2.12 bits per heavy atom. The maximum absolute atomic E-state index is 9.31. The topological polar surface area (TPSA) is 64.1 Å². The minimum atomic E-state index is -0.761. The van der Waals surface area contributed by atoms with E-state index in [0.29, 0.717) is 0 Å². The van der Waals surface area contributed by atoms with E-state index >= 15 is 0 Å². The Kier molecular flexibility index (Phi) is 2.77. The number of nitrogens with two attached hydrogens (primary N) is 1. The predicted molar refractivity (Wildman–Crippen MR) is 62.2 cm³/mol. The molecule has 0 amide bonds. The second kappa shape index (κ2) is 4.08. The summed E-state index contributed by atoms with van der Waals surface area (Å²) in [6.07, 6.45) is 3.57. The lowest BCUT2D eigenvalue weighted by molar-refractivity contribution is 0.210. The molecular weight excluding hydrogens is 202 g/mol. The molecule has 1 heterocycles. The molecule has 0 saturated carbocycles. The standard InChI is InChI=1S/C12H15N3O/c1-12(13,9-16)10-5-2-3-6-11(10)15-8-4-7-14-15/h2-8,16H,9,13H2,1H3. The van der Waals surface area contributed by atoms with Gasteiger partial charge in [0.1, 0.15) is 0 Å². The van der Waals surface area contributed by atoms with Crippen molar-refractivity contribution in [2.24, 2.45) is 5.73 Å². The maximum Gasteiger partial charge on any atom is 0.0696 e. The van der Waals surface area contributed by atoms with Gasteiger partial charge < -0.3 is 10.8 Å². The van der Waals surface area contributed by atoms with Crippen LogP contribution in [0.2, 0.25) is 0 Å². The zero-order valence-electron chi connectivity index (χ0n) is 9.17. The molecule has 1 unspecified atom stereocenters. The second-order valence-electron chi connectivity index (χ2n) is 4.04. The molecule has 0 saturated heterocycles. The Bertz CT molecular complexity index is 463. The predicted octanol–water partition coefficient (Wildman–Crippen LogP) is 1.04. The summed E-state index contributed by atoms with van der Waals surface area (Å²) in [6, 6.07) is 9.52. The van der Waals surface area contributed by atoms with Crippen LogP contribution in [0.15, 0.2) is 42.7 Å². The van der Waals surface area contributed by atoms with Crippen LogP contribution in [0.4, 0.5) is 0 Å². The Morgan fingerprint density at radius 1 is 1.38 bits per heavy atom. The van der Waals surface area contributed by atoms with E-state index in [1.54, 1.807) is 17.8 Å². The van der Waals surface area contributed by atoms with Crippen LogP contribution in [-0.2, 0) is 5.54 Å². The van der Waals surface area contributed by atoms with E-state index in [4.69, 9.17) is 5.73 Å². The third-order valence-corrected chi connectivity index (χ3v) is 2.60. The average molecular weight is 217 g/mol. The van der Waals surface area contributed by atoms with Gasteiger partial charge in [-0.05, 0) is 24.6 Å². The van der Waals surface area contributed by atoms with Gasteiger partial charge in [0.25, 0.3) is 0 Å². The zero-order chi connectivity index (χ0) is 11.6. The molecular formula is C12H15N3O. The number of rotatable bonds is 3. The van der Waals surface area contributed by atoms with Crippen molar-refractivity contribution in [2.75, 3.05) is 6.61 Å². The van der Waals surface area contributed by atoms with Crippen molar-refractivity contribution in [1.29, 1.82) is 0 Å². The largest absolute Gasteiger partial charge is 0.394 e. The Balaban J connectivity index is 2.55. The van der Waals surface area contributed by atoms with E-state index < -0.39 is 5.54 Å². The smallest absolute Gasteiger partial charge is 0.0696 e. The summed E-state index contributed by atoms with van der Waals surface area (Å²) in [5.74, 6) is 0. The van der Waals surface area contributed by atoms with Crippen molar-refractivity contribution in [3.05, 3.63) is 48.3 Å². The molecule has 1 aromatic heterocycles. The molecule has 2 aromatic rings. The number of benzene rings is 1. The van der Waals surface area contributed by atoms with Gasteiger partial charge in [-0.25, -0.2) is 4.68 Å². The van der Waals surface area contributed by atoms with Gasteiger partial charge in [-0.3, -0.25) is 0 Å². The monoisotopic (exact) mass is 217 g/mol. The Labute approximate surface area is 94.3 Å². The molecule has 1 aromatic carbocycles. The second-order valence-corrected chi connectivity index (χ2v) is 4.04. The van der Waals surface area contributed by atoms with Crippen molar-refractivity contribution in [1.82, 2.24) is 9.78 Å². The number of aromatic nitrogens is 2. The fourth-order valence-corrected chi connectivity index (χ4v) is 1.65. The Morgan fingerprint density at radius 3 is 2.75 bits per heavy atom. The molecule has 3 N–H and O–H groups in total. The molecule has 0 spiro atoms. The van der Waals surface area contributed by atoms with Crippen LogP contribution in [0.1, 0.15) is 12.5 Å². The van der Waals surface area contributed by atoms with Gasteiger partial charge in [0.2, 0.25) is 0 Å². The van der Waals surface area contributed by atoms with Crippen molar-refractivity contribution >= 4 is 0 Å². The van der Waals surface area contributed by atoms with E-state index in [2.05, 4.69) is 5.10 Å². The van der Waals surface area contributed by atoms with E-state index in [1.807, 2.05) is 36.5 Å². The van der Waals surface area contributed by atoms with E-state index in [0.717, 1.165) is 11.3 Å². The lowest BCUT2D eigenvalue weighted by Gasteiger charge is -2.25. The highest BCUT2D eigenvalue weighted by Crippen LogP contribution is 2.23. The fourth-order valence-electron chi connectivity index (χ4n) is 1.65. The van der Waals surface area contributed by atoms with Gasteiger partial charge in [0, 0.05) is 12.4 Å². The molecule has 84 valence electrons. The van der Waals surface area contributed by atoms with Crippen LogP contribution in [0.5, 0.6) is 0 Å². The molecule has 0 fully saturated rings. The molecule has 4 nitrogen and oxygen atoms in total. The first-order chi connectivity index (χ1) is 7.65. The molecule has 4 heteroatoms. The first-order valence-electron chi connectivity index (χ1n) is 5.14. The van der Waals surface area contributed by atoms with Gasteiger partial charge in [0.15, 0.2) is 0 Å². The number of nitrogens with zero attached hydrogens (tertiary/aromatic N) is 2. The Hall–Kier alpha value is -1.65. The van der Waals surface area contributed by atoms with Gasteiger partial charge in [-0.1, -0.05) is 18.2 Å². The number of hydrogen-bond acceptors (Lipinski definition) is 3. The molecule has 0 bridgehead atoms. The summed E-state index contributed by atoms with van der Waals surface area (Å²) in [5.41, 5.74) is 7.06. The molecule has 0 aliphatic rings. The molecule has 16 heavy (non-hydrogen) atoms. The number of hydrogen-bond donors (Lipinski definition) is 2. The number of para-hydroxylation sites is 1. The van der Waals surface area contributed by atoms with Crippen LogP contribution in [0.3, 0.4) is 0 Å². The highest BCUT2D eigenvalue weighted by Gasteiger charge is 2.23. The third-order valence-electron chi connectivity index (χ3n) is 2.60.